The van der Waals surface area contributed by atoms with Crippen LogP contribution >= 0.6 is 0 Å². The van der Waals surface area contributed by atoms with E-state index in [4.69, 9.17) is 9.15 Å². The maximum Gasteiger partial charge on any atom is 0.336 e. The molecule has 0 atom stereocenters. The first-order valence-corrected chi connectivity index (χ1v) is 9.53. The van der Waals surface area contributed by atoms with Crippen LogP contribution in [0, 0.1) is 6.92 Å². The molecule has 5 heteroatoms. The first-order valence-electron chi connectivity index (χ1n) is 9.53. The van der Waals surface area contributed by atoms with Crippen molar-refractivity contribution in [3.05, 3.63) is 70.1 Å². The van der Waals surface area contributed by atoms with Crippen LogP contribution in [0.15, 0.2) is 57.7 Å². The molecule has 144 valence electrons. The van der Waals surface area contributed by atoms with Crippen LogP contribution in [-0.4, -0.2) is 37.1 Å². The predicted molar refractivity (Wildman–Crippen MR) is 109 cm³/mol. The lowest BCUT2D eigenvalue weighted by Crippen LogP contribution is -2.40. The van der Waals surface area contributed by atoms with Gasteiger partial charge in [-0.05, 0) is 49.1 Å². The number of carbonyl (C=O) groups is 1. The van der Waals surface area contributed by atoms with Gasteiger partial charge < -0.3 is 14.1 Å². The molecule has 2 aromatic carbocycles. The third kappa shape index (κ3) is 3.45. The largest absolute Gasteiger partial charge is 0.423 e. The molecule has 0 unspecified atom stereocenters. The second-order valence-corrected chi connectivity index (χ2v) is 7.26. The molecule has 0 saturated carbocycles. The average molecular weight is 377 g/mol. The van der Waals surface area contributed by atoms with Crippen LogP contribution in [-0.2, 0) is 4.74 Å². The molecular formula is C23H23NO4. The van der Waals surface area contributed by atoms with Gasteiger partial charge in [-0.1, -0.05) is 24.3 Å². The second kappa shape index (κ2) is 7.60. The number of ether oxygens (including phenoxy) is 1. The Bertz CT molecular complexity index is 1080. The van der Waals surface area contributed by atoms with Gasteiger partial charge in [0.1, 0.15) is 5.58 Å². The second-order valence-electron chi connectivity index (χ2n) is 7.26. The van der Waals surface area contributed by atoms with Crippen molar-refractivity contribution in [1.82, 2.24) is 4.90 Å². The fourth-order valence-corrected chi connectivity index (χ4v) is 3.84. The fraction of sp³-hybridized carbons (Fsp3) is 0.304. The minimum atomic E-state index is -0.423. The summed E-state index contributed by atoms with van der Waals surface area (Å²) in [4.78, 5) is 26.9. The third-order valence-corrected chi connectivity index (χ3v) is 5.49. The summed E-state index contributed by atoms with van der Waals surface area (Å²) in [6.45, 7) is 3.36. The van der Waals surface area contributed by atoms with Crippen LogP contribution in [0.2, 0.25) is 0 Å². The Morgan fingerprint density at radius 3 is 2.54 bits per heavy atom. The van der Waals surface area contributed by atoms with Gasteiger partial charge >= 0.3 is 5.63 Å². The van der Waals surface area contributed by atoms with Crippen LogP contribution in [0.25, 0.3) is 22.1 Å². The number of rotatable bonds is 3. The molecule has 5 nitrogen and oxygen atoms in total. The summed E-state index contributed by atoms with van der Waals surface area (Å²) in [5.41, 5.74) is 3.41. The molecule has 1 aromatic heterocycles. The summed E-state index contributed by atoms with van der Waals surface area (Å²) in [5, 5.41) is 0.819. The zero-order valence-electron chi connectivity index (χ0n) is 16.1. The Labute approximate surface area is 163 Å². The van der Waals surface area contributed by atoms with Gasteiger partial charge in [0.05, 0.1) is 0 Å². The van der Waals surface area contributed by atoms with E-state index in [9.17, 15) is 9.59 Å². The number of fused-ring (bicyclic) bond motifs is 1. The van der Waals surface area contributed by atoms with Gasteiger partial charge in [-0.25, -0.2) is 4.79 Å². The minimum absolute atomic E-state index is 0.0715. The van der Waals surface area contributed by atoms with Crippen LogP contribution in [0.1, 0.15) is 28.8 Å². The number of amides is 1. The summed E-state index contributed by atoms with van der Waals surface area (Å²) in [6, 6.07) is 14.9. The lowest BCUT2D eigenvalue weighted by atomic mass is 9.97. The highest BCUT2D eigenvalue weighted by Gasteiger charge is 2.24. The standard InChI is InChI=1S/C23H23NO4/c1-15-5-3-4-6-18(15)20-14-22(25)28-21-13-16(7-8-19(20)21)23(26)24(2)17-9-11-27-12-10-17/h3-8,13-14,17H,9-12H2,1-2H3. The zero-order valence-corrected chi connectivity index (χ0v) is 16.1. The van der Waals surface area contributed by atoms with Gasteiger partial charge in [0, 0.05) is 48.9 Å². The molecule has 1 fully saturated rings. The zero-order chi connectivity index (χ0) is 19.7. The normalized spacial score (nSPS) is 14.9. The highest BCUT2D eigenvalue weighted by atomic mass is 16.5. The van der Waals surface area contributed by atoms with Crippen LogP contribution in [0.5, 0.6) is 0 Å². The lowest BCUT2D eigenvalue weighted by Gasteiger charge is -2.31. The summed E-state index contributed by atoms with van der Waals surface area (Å²) >= 11 is 0. The number of benzene rings is 2. The van der Waals surface area contributed by atoms with Gasteiger partial charge in [0.2, 0.25) is 0 Å². The Balaban J connectivity index is 1.75. The summed E-state index contributed by atoms with van der Waals surface area (Å²) < 4.78 is 10.8. The number of hydrogen-bond donors (Lipinski definition) is 0. The topological polar surface area (TPSA) is 59.8 Å². The molecule has 4 rings (SSSR count). The van der Waals surface area contributed by atoms with Crippen molar-refractivity contribution in [3.8, 4) is 11.1 Å². The quantitative estimate of drug-likeness (QED) is 0.647. The van der Waals surface area contributed by atoms with Gasteiger partial charge in [-0.3, -0.25) is 4.79 Å². The Hall–Kier alpha value is -2.92. The van der Waals surface area contributed by atoms with Gasteiger partial charge in [0.25, 0.3) is 5.91 Å². The maximum atomic E-state index is 12.9. The smallest absolute Gasteiger partial charge is 0.336 e. The van der Waals surface area contributed by atoms with Gasteiger partial charge in [-0.15, -0.1) is 0 Å². The first kappa shape index (κ1) is 18.4. The van der Waals surface area contributed by atoms with Crippen molar-refractivity contribution < 1.29 is 13.9 Å². The lowest BCUT2D eigenvalue weighted by molar-refractivity contribution is 0.0362. The molecule has 3 aromatic rings. The van der Waals surface area contributed by atoms with Crippen molar-refractivity contribution in [2.45, 2.75) is 25.8 Å². The van der Waals surface area contributed by atoms with E-state index in [0.29, 0.717) is 24.4 Å². The van der Waals surface area contributed by atoms with E-state index in [1.807, 2.05) is 50.4 Å². The molecule has 0 N–H and O–H groups in total. The molecule has 2 heterocycles. The third-order valence-electron chi connectivity index (χ3n) is 5.49. The van der Waals surface area contributed by atoms with E-state index in [2.05, 4.69) is 0 Å². The molecule has 1 aliphatic rings. The van der Waals surface area contributed by atoms with Crippen molar-refractivity contribution >= 4 is 16.9 Å². The first-order chi connectivity index (χ1) is 13.5. The molecule has 0 bridgehead atoms. The molecule has 28 heavy (non-hydrogen) atoms. The van der Waals surface area contributed by atoms with Crippen LogP contribution in [0.3, 0.4) is 0 Å². The van der Waals surface area contributed by atoms with E-state index < -0.39 is 5.63 Å². The van der Waals surface area contributed by atoms with Crippen molar-refractivity contribution in [1.29, 1.82) is 0 Å². The van der Waals surface area contributed by atoms with Crippen LogP contribution in [0.4, 0.5) is 0 Å². The summed E-state index contributed by atoms with van der Waals surface area (Å²) in [5.74, 6) is -0.0715. The average Bonchev–Trinajstić information content (AvgIpc) is 2.72. The minimum Gasteiger partial charge on any atom is -0.423 e. The van der Waals surface area contributed by atoms with E-state index in [-0.39, 0.29) is 11.9 Å². The van der Waals surface area contributed by atoms with E-state index >= 15 is 0 Å². The number of nitrogens with zero attached hydrogens (tertiary/aromatic N) is 1. The number of hydrogen-bond acceptors (Lipinski definition) is 4. The monoisotopic (exact) mass is 377 g/mol. The molecule has 0 spiro atoms. The molecule has 1 amide bonds. The predicted octanol–water partition coefficient (Wildman–Crippen LogP) is 4.02. The Morgan fingerprint density at radius 1 is 1.04 bits per heavy atom. The number of aryl methyl sites for hydroxylation is 1. The Morgan fingerprint density at radius 2 is 1.79 bits per heavy atom. The van der Waals surface area contributed by atoms with E-state index in [1.165, 1.54) is 6.07 Å². The van der Waals surface area contributed by atoms with Crippen molar-refractivity contribution in [2.24, 2.45) is 0 Å². The Kier molecular flexibility index (Phi) is 5.01. The number of carbonyl (C=O) groups excluding carboxylic acids is 1. The van der Waals surface area contributed by atoms with Crippen LogP contribution < -0.4 is 5.63 Å². The van der Waals surface area contributed by atoms with Gasteiger partial charge in [-0.2, -0.15) is 0 Å². The molecule has 1 aliphatic heterocycles. The summed E-state index contributed by atoms with van der Waals surface area (Å²) in [7, 11) is 1.82. The highest BCUT2D eigenvalue weighted by Crippen LogP contribution is 2.30. The summed E-state index contributed by atoms with van der Waals surface area (Å²) in [6.07, 6.45) is 1.67. The fourth-order valence-electron chi connectivity index (χ4n) is 3.84. The molecule has 0 radical (unpaired) electrons. The molecule has 0 aliphatic carbocycles. The van der Waals surface area contributed by atoms with E-state index in [0.717, 1.165) is 34.9 Å². The van der Waals surface area contributed by atoms with Gasteiger partial charge in [0.15, 0.2) is 0 Å². The molecular weight excluding hydrogens is 354 g/mol. The van der Waals surface area contributed by atoms with Crippen molar-refractivity contribution in [2.75, 3.05) is 20.3 Å². The van der Waals surface area contributed by atoms with Crippen molar-refractivity contribution in [3.63, 3.8) is 0 Å². The SMILES string of the molecule is Cc1ccccc1-c1cc(=O)oc2cc(C(=O)N(C)C3CCOCC3)ccc12. The van der Waals surface area contributed by atoms with E-state index in [1.54, 1.807) is 11.0 Å². The highest BCUT2D eigenvalue weighted by molar-refractivity contribution is 6.01. The maximum absolute atomic E-state index is 12.9. The molecule has 1 saturated heterocycles.